The van der Waals surface area contributed by atoms with Crippen molar-refractivity contribution in [1.29, 1.82) is 0 Å². The summed E-state index contributed by atoms with van der Waals surface area (Å²) in [5.41, 5.74) is 3.40. The van der Waals surface area contributed by atoms with Crippen molar-refractivity contribution in [2.45, 2.75) is 33.2 Å². The number of amides is 1. The quantitative estimate of drug-likeness (QED) is 0.634. The molecule has 2 aromatic rings. The second kappa shape index (κ2) is 10.7. The van der Waals surface area contributed by atoms with E-state index in [1.54, 1.807) is 11.8 Å². The highest BCUT2D eigenvalue weighted by atomic mass is 32.2. The van der Waals surface area contributed by atoms with E-state index in [0.29, 0.717) is 13.0 Å². The zero-order chi connectivity index (χ0) is 18.8. The maximum absolute atomic E-state index is 12.0. The molecule has 0 aliphatic heterocycles. The number of aryl methyl sites for hydroxylation is 2. The van der Waals surface area contributed by atoms with Crippen LogP contribution in [0.5, 0.6) is 5.75 Å². The Morgan fingerprint density at radius 3 is 2.50 bits per heavy atom. The lowest BCUT2D eigenvalue weighted by Gasteiger charge is -2.17. The monoisotopic (exact) mass is 369 g/mol. The van der Waals surface area contributed by atoms with Crippen LogP contribution in [0.2, 0.25) is 0 Å². The number of benzene rings is 2. The van der Waals surface area contributed by atoms with E-state index in [9.17, 15) is 4.79 Å². The van der Waals surface area contributed by atoms with Crippen molar-refractivity contribution < 1.29 is 9.53 Å². The smallest absolute Gasteiger partial charge is 0.221 e. The summed E-state index contributed by atoms with van der Waals surface area (Å²) in [5.74, 6) is 1.73. The van der Waals surface area contributed by atoms with Crippen molar-refractivity contribution in [3.63, 3.8) is 0 Å². The van der Waals surface area contributed by atoms with E-state index < -0.39 is 0 Å². The minimum atomic E-state index is -0.0219. The van der Waals surface area contributed by atoms with Gasteiger partial charge in [0.05, 0.1) is 6.04 Å². The highest BCUT2D eigenvalue weighted by Crippen LogP contribution is 2.22. The van der Waals surface area contributed by atoms with Gasteiger partial charge in [-0.05, 0) is 48.9 Å². The van der Waals surface area contributed by atoms with Crippen molar-refractivity contribution >= 4 is 23.7 Å². The minimum absolute atomic E-state index is 0.0219. The summed E-state index contributed by atoms with van der Waals surface area (Å²) in [6.07, 6.45) is 2.56. The Hall–Kier alpha value is -2.20. The van der Waals surface area contributed by atoms with Crippen molar-refractivity contribution in [3.05, 3.63) is 70.6 Å². The van der Waals surface area contributed by atoms with Crippen molar-refractivity contribution in [3.8, 4) is 5.75 Å². The van der Waals surface area contributed by atoms with Gasteiger partial charge in [0, 0.05) is 12.2 Å². The standard InChI is InChI=1S/C22H27NO2S/c1-17-8-7-9-18(2)22(17)25-16-19(3)23-21(24)13-15-26-14-12-20-10-5-4-6-11-20/h4-12,14,19H,13,15-16H2,1-3H3,(H,23,24). The molecule has 0 aliphatic carbocycles. The molecule has 0 fully saturated rings. The Morgan fingerprint density at radius 2 is 1.81 bits per heavy atom. The van der Waals surface area contributed by atoms with Crippen LogP contribution in [0.3, 0.4) is 0 Å². The maximum atomic E-state index is 12.0. The molecule has 138 valence electrons. The second-order valence-electron chi connectivity index (χ2n) is 6.33. The Labute approximate surface area is 160 Å². The average molecular weight is 370 g/mol. The summed E-state index contributed by atoms with van der Waals surface area (Å²) < 4.78 is 5.89. The number of nitrogens with one attached hydrogen (secondary N) is 1. The molecule has 0 saturated carbocycles. The minimum Gasteiger partial charge on any atom is -0.491 e. The highest BCUT2D eigenvalue weighted by molar-refractivity contribution is 8.02. The van der Waals surface area contributed by atoms with Gasteiger partial charge in [-0.25, -0.2) is 0 Å². The SMILES string of the molecule is Cc1cccc(C)c1OCC(C)NC(=O)CCSC=Cc1ccccc1. The van der Waals surface area contributed by atoms with Crippen LogP contribution in [0.4, 0.5) is 0 Å². The summed E-state index contributed by atoms with van der Waals surface area (Å²) in [5, 5.41) is 5.03. The molecule has 2 aromatic carbocycles. The van der Waals surface area contributed by atoms with E-state index in [2.05, 4.69) is 23.5 Å². The molecule has 0 aromatic heterocycles. The normalized spacial score (nSPS) is 12.1. The molecule has 1 atom stereocenters. The largest absolute Gasteiger partial charge is 0.491 e. The molecule has 0 bridgehead atoms. The molecule has 0 aliphatic rings. The van der Waals surface area contributed by atoms with Crippen LogP contribution < -0.4 is 10.1 Å². The van der Waals surface area contributed by atoms with Gasteiger partial charge in [0.15, 0.2) is 0 Å². The molecule has 0 spiro atoms. The molecular weight excluding hydrogens is 342 g/mol. The Kier molecular flexibility index (Phi) is 8.29. The van der Waals surface area contributed by atoms with Crippen LogP contribution in [-0.4, -0.2) is 24.3 Å². The molecule has 4 heteroatoms. The summed E-state index contributed by atoms with van der Waals surface area (Å²) in [6, 6.07) is 16.2. The van der Waals surface area contributed by atoms with Crippen molar-refractivity contribution in [1.82, 2.24) is 5.32 Å². The zero-order valence-corrected chi connectivity index (χ0v) is 16.5. The Balaban J connectivity index is 1.65. The molecule has 1 unspecified atom stereocenters. The summed E-state index contributed by atoms with van der Waals surface area (Å²) in [7, 11) is 0. The van der Waals surface area contributed by atoms with E-state index in [1.807, 2.05) is 62.6 Å². The van der Waals surface area contributed by atoms with E-state index in [-0.39, 0.29) is 11.9 Å². The average Bonchev–Trinajstić information content (AvgIpc) is 2.62. The van der Waals surface area contributed by atoms with E-state index in [4.69, 9.17) is 4.74 Å². The van der Waals surface area contributed by atoms with Crippen LogP contribution in [0.1, 0.15) is 30.0 Å². The topological polar surface area (TPSA) is 38.3 Å². The van der Waals surface area contributed by atoms with E-state index >= 15 is 0 Å². The molecule has 3 nitrogen and oxygen atoms in total. The summed E-state index contributed by atoms with van der Waals surface area (Å²) >= 11 is 1.64. The maximum Gasteiger partial charge on any atom is 0.221 e. The Morgan fingerprint density at radius 1 is 1.12 bits per heavy atom. The van der Waals surface area contributed by atoms with Gasteiger partial charge in [-0.1, -0.05) is 48.5 Å². The van der Waals surface area contributed by atoms with Gasteiger partial charge in [0.2, 0.25) is 5.91 Å². The van der Waals surface area contributed by atoms with Gasteiger partial charge in [-0.2, -0.15) is 0 Å². The number of rotatable bonds is 9. The first-order valence-corrected chi connectivity index (χ1v) is 9.92. The predicted octanol–water partition coefficient (Wildman–Crippen LogP) is 4.98. The molecule has 1 N–H and O–H groups in total. The van der Waals surface area contributed by atoms with Crippen LogP contribution in [0.15, 0.2) is 53.9 Å². The summed E-state index contributed by atoms with van der Waals surface area (Å²) in [6.45, 7) is 6.50. The lowest BCUT2D eigenvalue weighted by Crippen LogP contribution is -2.37. The van der Waals surface area contributed by atoms with Crippen molar-refractivity contribution in [2.75, 3.05) is 12.4 Å². The molecule has 1 amide bonds. The number of hydrogen-bond acceptors (Lipinski definition) is 3. The second-order valence-corrected chi connectivity index (χ2v) is 7.35. The fourth-order valence-electron chi connectivity index (χ4n) is 2.53. The number of thioether (sulfide) groups is 1. The molecule has 0 radical (unpaired) electrons. The van der Waals surface area contributed by atoms with Gasteiger partial charge in [-0.15, -0.1) is 11.8 Å². The number of carbonyl (C=O) groups excluding carboxylic acids is 1. The molecule has 0 heterocycles. The Bertz CT molecular complexity index is 708. The lowest BCUT2D eigenvalue weighted by molar-refractivity contribution is -0.121. The first kappa shape index (κ1) is 20.1. The highest BCUT2D eigenvalue weighted by Gasteiger charge is 2.10. The first-order valence-electron chi connectivity index (χ1n) is 8.88. The summed E-state index contributed by atoms with van der Waals surface area (Å²) in [4.78, 5) is 12.0. The first-order chi connectivity index (χ1) is 12.6. The third-order valence-electron chi connectivity index (χ3n) is 3.90. The van der Waals surface area contributed by atoms with Crippen LogP contribution in [-0.2, 0) is 4.79 Å². The van der Waals surface area contributed by atoms with Gasteiger partial charge in [0.1, 0.15) is 12.4 Å². The number of para-hydroxylation sites is 1. The molecule has 0 saturated heterocycles. The zero-order valence-electron chi connectivity index (χ0n) is 15.7. The number of carbonyl (C=O) groups is 1. The predicted molar refractivity (Wildman–Crippen MR) is 112 cm³/mol. The van der Waals surface area contributed by atoms with Gasteiger partial charge < -0.3 is 10.1 Å². The van der Waals surface area contributed by atoms with E-state index in [1.165, 1.54) is 5.56 Å². The fraction of sp³-hybridized carbons (Fsp3) is 0.318. The van der Waals surface area contributed by atoms with Gasteiger partial charge in [0.25, 0.3) is 0 Å². The fourth-order valence-corrected chi connectivity index (χ4v) is 3.23. The molecule has 2 rings (SSSR count). The van der Waals surface area contributed by atoms with Crippen LogP contribution in [0, 0.1) is 13.8 Å². The number of ether oxygens (including phenoxy) is 1. The van der Waals surface area contributed by atoms with Crippen LogP contribution >= 0.6 is 11.8 Å². The van der Waals surface area contributed by atoms with Gasteiger partial charge >= 0.3 is 0 Å². The third-order valence-corrected chi connectivity index (χ3v) is 4.67. The van der Waals surface area contributed by atoms with Crippen molar-refractivity contribution in [2.24, 2.45) is 0 Å². The van der Waals surface area contributed by atoms with Crippen LogP contribution in [0.25, 0.3) is 6.08 Å². The van der Waals surface area contributed by atoms with E-state index in [0.717, 1.165) is 22.6 Å². The van der Waals surface area contributed by atoms with Gasteiger partial charge in [-0.3, -0.25) is 4.79 Å². The molecule has 26 heavy (non-hydrogen) atoms. The number of hydrogen-bond donors (Lipinski definition) is 1. The third kappa shape index (κ3) is 6.96. The molecular formula is C22H27NO2S. The lowest BCUT2D eigenvalue weighted by atomic mass is 10.1.